The van der Waals surface area contributed by atoms with Crippen LogP contribution in [0.25, 0.3) is 0 Å². The van der Waals surface area contributed by atoms with Gasteiger partial charge in [0, 0.05) is 50.1 Å². The average molecular weight is 287 g/mol. The molecule has 112 valence electrons. The van der Waals surface area contributed by atoms with Crippen LogP contribution in [0.15, 0.2) is 24.8 Å². The van der Waals surface area contributed by atoms with Crippen molar-refractivity contribution in [3.8, 4) is 0 Å². The maximum Gasteiger partial charge on any atom is 0.224 e. The number of piperidine rings is 1. The summed E-state index contributed by atoms with van der Waals surface area (Å²) in [5.74, 6) is 0.585. The number of aryl methyl sites for hydroxylation is 2. The van der Waals surface area contributed by atoms with Crippen molar-refractivity contribution in [1.82, 2.24) is 24.6 Å². The SMILES string of the molecule is Cc1cc(C2CCCN(C(=O)CCn3ccnc3)C2)n[nH]1. The number of hydrogen-bond donors (Lipinski definition) is 1. The molecule has 0 aromatic carbocycles. The lowest BCUT2D eigenvalue weighted by Crippen LogP contribution is -2.39. The molecule has 0 aliphatic carbocycles. The molecule has 0 radical (unpaired) electrons. The number of amides is 1. The Morgan fingerprint density at radius 1 is 1.52 bits per heavy atom. The van der Waals surface area contributed by atoms with Crippen LogP contribution in [0.5, 0.6) is 0 Å². The van der Waals surface area contributed by atoms with Gasteiger partial charge in [-0.3, -0.25) is 9.89 Å². The Labute approximate surface area is 124 Å². The van der Waals surface area contributed by atoms with Gasteiger partial charge >= 0.3 is 0 Å². The van der Waals surface area contributed by atoms with E-state index in [0.717, 1.165) is 37.3 Å². The lowest BCUT2D eigenvalue weighted by atomic mass is 9.94. The summed E-state index contributed by atoms with van der Waals surface area (Å²) < 4.78 is 1.94. The highest BCUT2D eigenvalue weighted by Gasteiger charge is 2.25. The third-order valence-corrected chi connectivity index (χ3v) is 4.06. The normalized spacial score (nSPS) is 18.9. The number of aromatic amines is 1. The van der Waals surface area contributed by atoms with Gasteiger partial charge < -0.3 is 9.47 Å². The monoisotopic (exact) mass is 287 g/mol. The summed E-state index contributed by atoms with van der Waals surface area (Å²) in [6, 6.07) is 2.09. The molecule has 21 heavy (non-hydrogen) atoms. The molecular formula is C15H21N5O. The highest BCUT2D eigenvalue weighted by atomic mass is 16.2. The molecule has 1 fully saturated rings. The van der Waals surface area contributed by atoms with E-state index in [9.17, 15) is 4.79 Å². The molecule has 2 aromatic rings. The van der Waals surface area contributed by atoms with Crippen LogP contribution >= 0.6 is 0 Å². The molecule has 1 aliphatic rings. The number of aromatic nitrogens is 4. The molecule has 6 nitrogen and oxygen atoms in total. The topological polar surface area (TPSA) is 66.8 Å². The number of nitrogens with one attached hydrogen (secondary N) is 1. The molecule has 2 aromatic heterocycles. The second-order valence-corrected chi connectivity index (χ2v) is 5.71. The maximum absolute atomic E-state index is 12.3. The van der Waals surface area contributed by atoms with E-state index < -0.39 is 0 Å². The molecule has 1 aliphatic heterocycles. The van der Waals surface area contributed by atoms with Crippen LogP contribution in [0.2, 0.25) is 0 Å². The molecule has 1 saturated heterocycles. The van der Waals surface area contributed by atoms with Crippen molar-refractivity contribution < 1.29 is 4.79 Å². The number of carbonyl (C=O) groups is 1. The molecule has 1 atom stereocenters. The summed E-state index contributed by atoms with van der Waals surface area (Å²) in [6.07, 6.45) is 8.06. The molecule has 1 amide bonds. The average Bonchev–Trinajstić information content (AvgIpc) is 3.16. The van der Waals surface area contributed by atoms with E-state index in [2.05, 4.69) is 21.2 Å². The second kappa shape index (κ2) is 6.11. The standard InChI is InChI=1S/C15H21N5O/c1-12-9-14(18-17-12)13-3-2-6-20(10-13)15(21)4-7-19-8-5-16-11-19/h5,8-9,11,13H,2-4,6-7,10H2,1H3,(H,17,18). The molecular weight excluding hydrogens is 266 g/mol. The number of rotatable bonds is 4. The minimum absolute atomic E-state index is 0.223. The number of imidazole rings is 1. The van der Waals surface area contributed by atoms with Crippen molar-refractivity contribution in [2.45, 2.75) is 38.6 Å². The van der Waals surface area contributed by atoms with Gasteiger partial charge in [0.25, 0.3) is 0 Å². The Morgan fingerprint density at radius 3 is 3.14 bits per heavy atom. The minimum atomic E-state index is 0.223. The fraction of sp³-hybridized carbons (Fsp3) is 0.533. The third kappa shape index (κ3) is 3.32. The Bertz CT molecular complexity index is 589. The van der Waals surface area contributed by atoms with Crippen LogP contribution in [0, 0.1) is 6.92 Å². The molecule has 0 spiro atoms. The summed E-state index contributed by atoms with van der Waals surface area (Å²) in [6.45, 7) is 4.35. The first-order valence-electron chi connectivity index (χ1n) is 7.48. The minimum Gasteiger partial charge on any atom is -0.342 e. The van der Waals surface area contributed by atoms with Gasteiger partial charge in [-0.05, 0) is 25.8 Å². The molecule has 1 N–H and O–H groups in total. The van der Waals surface area contributed by atoms with E-state index in [1.54, 1.807) is 12.5 Å². The van der Waals surface area contributed by atoms with Crippen molar-refractivity contribution in [2.75, 3.05) is 13.1 Å². The second-order valence-electron chi connectivity index (χ2n) is 5.71. The van der Waals surface area contributed by atoms with Gasteiger partial charge in [-0.2, -0.15) is 5.10 Å². The van der Waals surface area contributed by atoms with Gasteiger partial charge in [0.2, 0.25) is 5.91 Å². The van der Waals surface area contributed by atoms with Crippen LogP contribution in [0.3, 0.4) is 0 Å². The van der Waals surface area contributed by atoms with Crippen LogP contribution in [0.4, 0.5) is 0 Å². The quantitative estimate of drug-likeness (QED) is 0.931. The zero-order valence-corrected chi connectivity index (χ0v) is 12.3. The molecule has 3 rings (SSSR count). The van der Waals surface area contributed by atoms with Gasteiger partial charge in [0.05, 0.1) is 12.0 Å². The predicted octanol–water partition coefficient (Wildman–Crippen LogP) is 1.71. The van der Waals surface area contributed by atoms with E-state index in [0.29, 0.717) is 18.9 Å². The molecule has 6 heteroatoms. The first kappa shape index (κ1) is 13.9. The summed E-state index contributed by atoms with van der Waals surface area (Å²) >= 11 is 0. The van der Waals surface area contributed by atoms with E-state index in [1.807, 2.05) is 22.6 Å². The van der Waals surface area contributed by atoms with E-state index in [4.69, 9.17) is 0 Å². The molecule has 3 heterocycles. The molecule has 1 unspecified atom stereocenters. The highest BCUT2D eigenvalue weighted by Crippen LogP contribution is 2.26. The van der Waals surface area contributed by atoms with Gasteiger partial charge in [-0.1, -0.05) is 0 Å². The van der Waals surface area contributed by atoms with Crippen molar-refractivity contribution >= 4 is 5.91 Å². The number of carbonyl (C=O) groups excluding carboxylic acids is 1. The van der Waals surface area contributed by atoms with Gasteiger partial charge in [-0.25, -0.2) is 4.98 Å². The van der Waals surface area contributed by atoms with Crippen LogP contribution < -0.4 is 0 Å². The summed E-state index contributed by atoms with van der Waals surface area (Å²) in [4.78, 5) is 18.3. The Balaban J connectivity index is 1.56. The Morgan fingerprint density at radius 2 is 2.43 bits per heavy atom. The third-order valence-electron chi connectivity index (χ3n) is 4.06. The predicted molar refractivity (Wildman–Crippen MR) is 78.7 cm³/mol. The lowest BCUT2D eigenvalue weighted by Gasteiger charge is -2.32. The van der Waals surface area contributed by atoms with Crippen LogP contribution in [-0.4, -0.2) is 43.6 Å². The highest BCUT2D eigenvalue weighted by molar-refractivity contribution is 5.76. The van der Waals surface area contributed by atoms with E-state index in [-0.39, 0.29) is 5.91 Å². The number of nitrogens with zero attached hydrogens (tertiary/aromatic N) is 4. The number of hydrogen-bond acceptors (Lipinski definition) is 3. The number of H-pyrrole nitrogens is 1. The lowest BCUT2D eigenvalue weighted by molar-refractivity contribution is -0.132. The zero-order valence-electron chi connectivity index (χ0n) is 12.3. The van der Waals surface area contributed by atoms with Crippen LogP contribution in [-0.2, 0) is 11.3 Å². The van der Waals surface area contributed by atoms with Crippen molar-refractivity contribution in [1.29, 1.82) is 0 Å². The zero-order chi connectivity index (χ0) is 14.7. The van der Waals surface area contributed by atoms with E-state index in [1.165, 1.54) is 0 Å². The van der Waals surface area contributed by atoms with Crippen LogP contribution in [0.1, 0.15) is 36.6 Å². The van der Waals surface area contributed by atoms with E-state index >= 15 is 0 Å². The Kier molecular flexibility index (Phi) is 4.03. The van der Waals surface area contributed by atoms with Crippen molar-refractivity contribution in [3.63, 3.8) is 0 Å². The summed E-state index contributed by atoms with van der Waals surface area (Å²) in [5.41, 5.74) is 2.16. The first-order valence-corrected chi connectivity index (χ1v) is 7.48. The first-order chi connectivity index (χ1) is 10.2. The fourth-order valence-electron chi connectivity index (χ4n) is 2.90. The summed E-state index contributed by atoms with van der Waals surface area (Å²) in [7, 11) is 0. The molecule has 0 saturated carbocycles. The van der Waals surface area contributed by atoms with Gasteiger partial charge in [-0.15, -0.1) is 0 Å². The van der Waals surface area contributed by atoms with Gasteiger partial charge in [0.1, 0.15) is 0 Å². The smallest absolute Gasteiger partial charge is 0.224 e. The fourth-order valence-corrected chi connectivity index (χ4v) is 2.90. The van der Waals surface area contributed by atoms with Crippen molar-refractivity contribution in [2.24, 2.45) is 0 Å². The van der Waals surface area contributed by atoms with Gasteiger partial charge in [0.15, 0.2) is 0 Å². The number of likely N-dealkylation sites (tertiary alicyclic amines) is 1. The maximum atomic E-state index is 12.3. The molecule has 0 bridgehead atoms. The largest absolute Gasteiger partial charge is 0.342 e. The summed E-state index contributed by atoms with van der Waals surface area (Å²) in [5, 5.41) is 7.33. The Hall–Kier alpha value is -2.11. The van der Waals surface area contributed by atoms with Crippen molar-refractivity contribution in [3.05, 3.63) is 36.2 Å².